The van der Waals surface area contributed by atoms with Crippen LogP contribution in [0.25, 0.3) is 0 Å². The molecule has 5 unspecified atom stereocenters. The molecule has 0 radical (unpaired) electrons. The fraction of sp³-hybridized carbons (Fsp3) is 0.600. The van der Waals surface area contributed by atoms with Crippen LogP contribution in [-0.2, 0) is 0 Å². The number of hydroxylamine groups is 4. The average molecular weight is 214 g/mol. The second kappa shape index (κ2) is 4.42. The van der Waals surface area contributed by atoms with Crippen molar-refractivity contribution in [1.82, 2.24) is 0 Å². The molecule has 0 saturated carbocycles. The first kappa shape index (κ1) is 12.4. The molecule has 86 valence electrons. The lowest BCUT2D eigenvalue weighted by molar-refractivity contribution is -0.993. The largest absolute Gasteiger partial charge is 0.633 e. The number of fused-ring (bicyclic) bond motifs is 1. The zero-order valence-electron chi connectivity index (χ0n) is 8.99. The van der Waals surface area contributed by atoms with Gasteiger partial charge in [-0.3, -0.25) is 0 Å². The van der Waals surface area contributed by atoms with E-state index in [2.05, 4.69) is 0 Å². The number of hydrogen-bond acceptors (Lipinski definition) is 2. The minimum Gasteiger partial charge on any atom is -0.633 e. The van der Waals surface area contributed by atoms with Crippen molar-refractivity contribution in [1.29, 1.82) is 0 Å². The SMILES string of the molecule is CC1C(C)[NH+]([O-])C2CC=CC=C2[NH+]1[O-].O. The van der Waals surface area contributed by atoms with Gasteiger partial charge in [0.25, 0.3) is 0 Å². The van der Waals surface area contributed by atoms with Crippen LogP contribution in [0.1, 0.15) is 20.3 Å². The molecule has 15 heavy (non-hydrogen) atoms. The fourth-order valence-corrected chi connectivity index (χ4v) is 2.21. The molecule has 5 atom stereocenters. The van der Waals surface area contributed by atoms with E-state index in [1.54, 1.807) is 6.08 Å². The summed E-state index contributed by atoms with van der Waals surface area (Å²) < 4.78 is 0. The van der Waals surface area contributed by atoms with Crippen LogP contribution < -0.4 is 10.1 Å². The lowest BCUT2D eigenvalue weighted by atomic mass is 9.96. The second-order valence-corrected chi connectivity index (χ2v) is 4.18. The second-order valence-electron chi connectivity index (χ2n) is 4.18. The van der Waals surface area contributed by atoms with Crippen molar-refractivity contribution in [2.24, 2.45) is 0 Å². The first-order valence-corrected chi connectivity index (χ1v) is 5.07. The van der Waals surface area contributed by atoms with Crippen LogP contribution in [0.3, 0.4) is 0 Å². The van der Waals surface area contributed by atoms with Gasteiger partial charge in [-0.1, -0.05) is 12.2 Å². The fourth-order valence-electron chi connectivity index (χ4n) is 2.21. The summed E-state index contributed by atoms with van der Waals surface area (Å²) in [7, 11) is 0. The molecule has 2 rings (SSSR count). The van der Waals surface area contributed by atoms with E-state index in [0.717, 1.165) is 5.70 Å². The minimum atomic E-state index is -0.154. The van der Waals surface area contributed by atoms with Crippen LogP contribution in [-0.4, -0.2) is 23.6 Å². The first-order valence-electron chi connectivity index (χ1n) is 5.07. The Hall–Kier alpha value is -0.720. The van der Waals surface area contributed by atoms with Gasteiger partial charge >= 0.3 is 0 Å². The van der Waals surface area contributed by atoms with Gasteiger partial charge in [-0.05, 0) is 13.8 Å². The molecule has 1 aliphatic carbocycles. The highest BCUT2D eigenvalue weighted by Crippen LogP contribution is 2.09. The number of piperazine rings is 1. The molecule has 1 heterocycles. The van der Waals surface area contributed by atoms with Gasteiger partial charge in [0, 0.05) is 12.5 Å². The molecule has 0 amide bonds. The van der Waals surface area contributed by atoms with E-state index in [1.165, 1.54) is 0 Å². The Morgan fingerprint density at radius 2 is 1.93 bits per heavy atom. The van der Waals surface area contributed by atoms with E-state index < -0.39 is 0 Å². The zero-order valence-corrected chi connectivity index (χ0v) is 8.99. The van der Waals surface area contributed by atoms with Crippen LogP contribution in [0.5, 0.6) is 0 Å². The third-order valence-corrected chi connectivity index (χ3v) is 3.40. The van der Waals surface area contributed by atoms with Gasteiger partial charge in [0.05, 0.1) is 0 Å². The first-order chi connectivity index (χ1) is 6.63. The molecule has 2 aliphatic rings. The van der Waals surface area contributed by atoms with Crippen molar-refractivity contribution in [3.63, 3.8) is 0 Å². The molecule has 1 aliphatic heterocycles. The molecule has 5 heteroatoms. The molecule has 1 fully saturated rings. The van der Waals surface area contributed by atoms with Crippen LogP contribution in [0.4, 0.5) is 0 Å². The van der Waals surface area contributed by atoms with Gasteiger partial charge in [0.2, 0.25) is 0 Å². The Balaban J connectivity index is 0.00000112. The molecule has 0 spiro atoms. The van der Waals surface area contributed by atoms with Crippen LogP contribution in [0.15, 0.2) is 23.9 Å². The van der Waals surface area contributed by atoms with Crippen LogP contribution in [0.2, 0.25) is 0 Å². The summed E-state index contributed by atoms with van der Waals surface area (Å²) in [5.41, 5.74) is 0.725. The Morgan fingerprint density at radius 3 is 2.60 bits per heavy atom. The maximum Gasteiger partial charge on any atom is 0.167 e. The maximum atomic E-state index is 11.9. The summed E-state index contributed by atoms with van der Waals surface area (Å²) >= 11 is 0. The predicted molar refractivity (Wildman–Crippen MR) is 56.8 cm³/mol. The van der Waals surface area contributed by atoms with Gasteiger partial charge in [-0.2, -0.15) is 0 Å². The van der Waals surface area contributed by atoms with E-state index >= 15 is 0 Å². The lowest BCUT2D eigenvalue weighted by Gasteiger charge is -2.49. The Labute approximate surface area is 89.1 Å². The van der Waals surface area contributed by atoms with E-state index in [0.29, 0.717) is 6.42 Å². The summed E-state index contributed by atoms with van der Waals surface area (Å²) in [4.78, 5) is 0. The summed E-state index contributed by atoms with van der Waals surface area (Å²) in [5.74, 6) is 0. The number of hydrogen-bond donors (Lipinski definition) is 2. The zero-order chi connectivity index (χ0) is 10.3. The number of rotatable bonds is 0. The molecule has 0 aromatic heterocycles. The standard InChI is InChI=1S/C10H16N2O2.H2O/c1-7-8(2)12(14)10-6-4-3-5-9(10)11(7)13;/h3-5,7-8,10-12H,6H2,1-2H3;1H2. The third-order valence-electron chi connectivity index (χ3n) is 3.40. The average Bonchev–Trinajstić information content (AvgIpc) is 2.23. The Morgan fingerprint density at radius 1 is 1.27 bits per heavy atom. The van der Waals surface area contributed by atoms with Crippen molar-refractivity contribution >= 4 is 0 Å². The van der Waals surface area contributed by atoms with E-state index in [-0.39, 0.29) is 33.7 Å². The van der Waals surface area contributed by atoms with Gasteiger partial charge in [-0.15, -0.1) is 0 Å². The Bertz CT molecular complexity index is 290. The lowest BCUT2D eigenvalue weighted by Crippen LogP contribution is -3.30. The molecule has 0 bridgehead atoms. The molecule has 4 N–H and O–H groups in total. The van der Waals surface area contributed by atoms with Crippen molar-refractivity contribution in [2.75, 3.05) is 0 Å². The van der Waals surface area contributed by atoms with Crippen molar-refractivity contribution < 1.29 is 15.6 Å². The summed E-state index contributed by atoms with van der Waals surface area (Å²) in [5, 5.41) is 24.1. The number of nitrogens with one attached hydrogen (secondary N) is 2. The van der Waals surface area contributed by atoms with Gasteiger partial charge < -0.3 is 26.0 Å². The van der Waals surface area contributed by atoms with Gasteiger partial charge in [-0.25, -0.2) is 0 Å². The maximum absolute atomic E-state index is 11.9. The van der Waals surface area contributed by atoms with Crippen molar-refractivity contribution in [3.8, 4) is 0 Å². The highest BCUT2D eigenvalue weighted by Gasteiger charge is 2.41. The predicted octanol–water partition coefficient (Wildman–Crippen LogP) is -2.07. The topological polar surface area (TPSA) is 86.5 Å². The third kappa shape index (κ3) is 1.84. The number of allylic oxidation sites excluding steroid dienone is 2. The highest BCUT2D eigenvalue weighted by molar-refractivity contribution is 5.17. The summed E-state index contributed by atoms with van der Waals surface area (Å²) in [6, 6.07) is -0.411. The van der Waals surface area contributed by atoms with Gasteiger partial charge in [0.15, 0.2) is 11.7 Å². The quantitative estimate of drug-likeness (QED) is 0.454. The monoisotopic (exact) mass is 214 g/mol. The van der Waals surface area contributed by atoms with E-state index in [9.17, 15) is 10.4 Å². The van der Waals surface area contributed by atoms with Crippen LogP contribution >= 0.6 is 0 Å². The molecular formula is C10H18N2O3. The molecular weight excluding hydrogens is 196 g/mol. The van der Waals surface area contributed by atoms with Crippen molar-refractivity contribution in [3.05, 3.63) is 34.3 Å². The van der Waals surface area contributed by atoms with Gasteiger partial charge in [0.1, 0.15) is 12.1 Å². The molecule has 5 nitrogen and oxygen atoms in total. The molecule has 0 aromatic rings. The van der Waals surface area contributed by atoms with Crippen molar-refractivity contribution in [2.45, 2.75) is 38.4 Å². The molecule has 0 aromatic carbocycles. The van der Waals surface area contributed by atoms with E-state index in [4.69, 9.17) is 0 Å². The minimum absolute atomic E-state index is 0. The number of quaternary nitrogens is 2. The Kier molecular flexibility index (Phi) is 3.64. The smallest absolute Gasteiger partial charge is 0.167 e. The normalized spacial score (nSPS) is 44.0. The summed E-state index contributed by atoms with van der Waals surface area (Å²) in [6.07, 6.45) is 6.34. The van der Waals surface area contributed by atoms with E-state index in [1.807, 2.05) is 26.0 Å². The van der Waals surface area contributed by atoms with Crippen LogP contribution in [0, 0.1) is 10.4 Å². The summed E-state index contributed by atoms with van der Waals surface area (Å²) in [6.45, 7) is 3.71. The highest BCUT2D eigenvalue weighted by atomic mass is 16.5. The molecule has 1 saturated heterocycles.